The summed E-state index contributed by atoms with van der Waals surface area (Å²) in [5, 5.41) is 20.8. The number of nitrogens with zero attached hydrogens (tertiary/aromatic N) is 15. The third kappa shape index (κ3) is 9.66. The van der Waals surface area contributed by atoms with Crippen molar-refractivity contribution in [2.75, 3.05) is 0 Å². The zero-order valence-electron chi connectivity index (χ0n) is 48.6. The Bertz CT molecular complexity index is 5470. The fourth-order valence-corrected chi connectivity index (χ4v) is 13.3. The van der Waals surface area contributed by atoms with Crippen LogP contribution in [0.3, 0.4) is 0 Å². The minimum atomic E-state index is -0.550. The number of nitrogens with one attached hydrogen (secondary N) is 3. The smallest absolute Gasteiger partial charge is 0.328 e. The number of imidazole rings is 6. The third-order valence-corrected chi connectivity index (χ3v) is 17.6. The van der Waals surface area contributed by atoms with E-state index in [4.69, 9.17) is 0 Å². The molecule has 9 heterocycles. The van der Waals surface area contributed by atoms with Gasteiger partial charge in [-0.15, -0.1) is 0 Å². The molecule has 0 aliphatic heterocycles. The maximum absolute atomic E-state index is 13.8. The molecule has 0 saturated heterocycles. The van der Waals surface area contributed by atoms with Gasteiger partial charge in [0.05, 0.1) is 82.0 Å². The molecule has 3 unspecified atom stereocenters. The molecule has 5 atom stereocenters. The first-order valence-electron chi connectivity index (χ1n) is 29.8. The summed E-state index contributed by atoms with van der Waals surface area (Å²) in [5.41, 5.74) is 10.2. The Kier molecular flexibility index (Phi) is 13.5. The van der Waals surface area contributed by atoms with Crippen LogP contribution in [0.4, 0.5) is 13.2 Å². The van der Waals surface area contributed by atoms with Crippen LogP contribution in [0.1, 0.15) is 107 Å². The van der Waals surface area contributed by atoms with Gasteiger partial charge < -0.3 is 25.2 Å². The highest BCUT2D eigenvalue weighted by Crippen LogP contribution is 2.41. The maximum Gasteiger partial charge on any atom is 0.328 e. The Hall–Kier alpha value is -11.8. The van der Waals surface area contributed by atoms with E-state index in [-0.39, 0.29) is 70.5 Å². The van der Waals surface area contributed by atoms with Gasteiger partial charge in [0, 0.05) is 30.2 Å². The van der Waals surface area contributed by atoms with Crippen molar-refractivity contribution in [3.05, 3.63) is 247 Å². The number of hydrogen-bond donors (Lipinski definition) is 5. The highest BCUT2D eigenvalue weighted by Gasteiger charge is 2.33. The van der Waals surface area contributed by atoms with Crippen LogP contribution in [-0.4, -0.2) is 103 Å². The van der Waals surface area contributed by atoms with Gasteiger partial charge in [-0.3, -0.25) is 32.2 Å². The van der Waals surface area contributed by atoms with Gasteiger partial charge in [0.15, 0.2) is 22.7 Å². The van der Waals surface area contributed by atoms with E-state index in [1.807, 2.05) is 66.7 Å². The molecule has 93 heavy (non-hydrogen) atoms. The molecule has 0 saturated carbocycles. The number of aliphatic hydroxyl groups excluding tert-OH is 2. The number of H-pyrrole nitrogens is 3. The minimum absolute atomic E-state index is 0.0713. The monoisotopic (exact) mass is 1250 g/mol. The zero-order valence-corrected chi connectivity index (χ0v) is 48.6. The first-order chi connectivity index (χ1) is 45.3. The summed E-state index contributed by atoms with van der Waals surface area (Å²) < 4.78 is 51.0. The van der Waals surface area contributed by atoms with E-state index in [2.05, 4.69) is 59.8 Å². The first-order valence-corrected chi connectivity index (χ1v) is 29.8. The Morgan fingerprint density at radius 3 is 1.13 bits per heavy atom. The Morgan fingerprint density at radius 2 is 0.742 bits per heavy atom. The topological polar surface area (TPSA) is 302 Å². The molecule has 0 bridgehead atoms. The van der Waals surface area contributed by atoms with E-state index in [0.717, 1.165) is 27.8 Å². The molecule has 18 rings (SSSR count). The summed E-state index contributed by atoms with van der Waals surface area (Å²) in [6.45, 7) is 0. The molecular formula is C66H49F3N18O6. The van der Waals surface area contributed by atoms with Gasteiger partial charge in [0.2, 0.25) is 17.8 Å². The molecule has 24 nitrogen and oxygen atoms in total. The van der Waals surface area contributed by atoms with E-state index >= 15 is 0 Å². The van der Waals surface area contributed by atoms with Gasteiger partial charge >= 0.3 is 17.1 Å². The molecule has 0 amide bonds. The molecular weight excluding hydrogens is 1200 g/mol. The lowest BCUT2D eigenvalue weighted by Gasteiger charge is -2.29. The van der Waals surface area contributed by atoms with Gasteiger partial charge in [0.25, 0.3) is 0 Å². The van der Waals surface area contributed by atoms with Crippen LogP contribution in [-0.2, 0) is 0 Å². The largest absolute Gasteiger partial charge is 0.388 e. The molecule has 460 valence electrons. The number of rotatable bonds is 6. The molecule has 6 aromatic carbocycles. The number of aromatic nitrogens is 18. The summed E-state index contributed by atoms with van der Waals surface area (Å²) in [7, 11) is 0. The fraction of sp³-hybridized carbons (Fsp3) is 0.167. The van der Waals surface area contributed by atoms with Crippen LogP contribution in [0.15, 0.2) is 179 Å². The number of carbonyl (C=O) groups excluding carboxylic acids is 1. The molecule has 0 spiro atoms. The zero-order chi connectivity index (χ0) is 63.3. The van der Waals surface area contributed by atoms with E-state index in [1.54, 1.807) is 64.1 Å². The van der Waals surface area contributed by atoms with E-state index in [0.29, 0.717) is 111 Å². The number of aliphatic hydroxyl groups is 2. The van der Waals surface area contributed by atoms with Crippen LogP contribution in [0.2, 0.25) is 0 Å². The standard InChI is InChI=1S/2C22H17FN6O2.C22H15FN6O2/c3*23-12-5-6-15-18(9-12)28(11-25-15)21-24-10-16-20(27-21)29(22(31)26-16)17-7-8-19(30)14-4-2-1-3-13(14)17/h2*1-6,9-11,17,19,30H,7-8H2,(H,26,31);1-6,9-11,17H,7-8H2,(H,26,31)/t2*17?,19-;/m10./s1. The molecule has 27 heteroatoms. The molecule has 5 N–H and O–H groups in total. The number of carbonyl (C=O) groups is 1. The Balaban J connectivity index is 0.000000111. The lowest BCUT2D eigenvalue weighted by molar-refractivity contribution is 0.0964. The van der Waals surface area contributed by atoms with Gasteiger partial charge in [-0.2, -0.15) is 15.0 Å². The predicted molar refractivity (Wildman–Crippen MR) is 334 cm³/mol. The normalized spacial score (nSPS) is 17.7. The average molecular weight is 1250 g/mol. The van der Waals surface area contributed by atoms with Gasteiger partial charge in [0.1, 0.15) is 53.0 Å². The van der Waals surface area contributed by atoms with Crippen LogP contribution in [0.5, 0.6) is 0 Å². The molecule has 9 aromatic heterocycles. The van der Waals surface area contributed by atoms with Crippen molar-refractivity contribution < 1.29 is 28.2 Å². The number of benzene rings is 6. The number of fused-ring (bicyclic) bond motifs is 9. The lowest BCUT2D eigenvalue weighted by atomic mass is 9.85. The van der Waals surface area contributed by atoms with E-state index in [1.165, 1.54) is 61.6 Å². The van der Waals surface area contributed by atoms with Crippen LogP contribution >= 0.6 is 0 Å². The Morgan fingerprint density at radius 1 is 0.398 bits per heavy atom. The number of hydrogen-bond acceptors (Lipinski definition) is 15. The summed E-state index contributed by atoms with van der Waals surface area (Å²) in [5.74, 6) is -0.236. The predicted octanol–water partition coefficient (Wildman–Crippen LogP) is 9.19. The number of Topliss-reactive ketones (excluding diaryl/α,β-unsaturated/α-hetero) is 1. The molecule has 3 aliphatic carbocycles. The van der Waals surface area contributed by atoms with Gasteiger partial charge in [-0.05, 0) is 96.3 Å². The van der Waals surface area contributed by atoms with Crippen molar-refractivity contribution >= 4 is 72.4 Å². The quantitative estimate of drug-likeness (QED) is 0.104. The van der Waals surface area contributed by atoms with Crippen molar-refractivity contribution in [3.8, 4) is 17.8 Å². The third-order valence-electron chi connectivity index (χ3n) is 17.6. The second-order valence-corrected chi connectivity index (χ2v) is 22.9. The van der Waals surface area contributed by atoms with Gasteiger partial charge in [-0.1, -0.05) is 72.8 Å². The lowest BCUT2D eigenvalue weighted by Crippen LogP contribution is -2.28. The SMILES string of the molecule is O=C1CCC(n2c(=O)[nH]c3cnc(-n4cnc5ccc(F)cc54)nc32)c2ccccc21.O=c1[nH]c2cnc(-n3cnc4ccc(F)cc43)nc2n1C1CC[C@@H](O)c2ccccc21.O=c1[nH]c2cnc(-n3cnc4ccc(F)cc43)nc2n1C1CC[C@H](O)c2ccccc21. The number of ketones is 1. The molecule has 0 fully saturated rings. The Labute approximate surface area is 519 Å². The van der Waals surface area contributed by atoms with Crippen molar-refractivity contribution in [3.63, 3.8) is 0 Å². The number of aromatic amines is 3. The average Bonchev–Trinajstić information content (AvgIpc) is 1.71. The number of halogens is 3. The second kappa shape index (κ2) is 22.3. The van der Waals surface area contributed by atoms with Crippen molar-refractivity contribution in [2.24, 2.45) is 0 Å². The highest BCUT2D eigenvalue weighted by molar-refractivity contribution is 5.99. The van der Waals surface area contributed by atoms with Crippen LogP contribution < -0.4 is 17.1 Å². The maximum atomic E-state index is 13.8. The fourth-order valence-electron chi connectivity index (χ4n) is 13.3. The molecule has 15 aromatic rings. The van der Waals surface area contributed by atoms with E-state index in [9.17, 15) is 42.6 Å². The molecule has 0 radical (unpaired) electrons. The van der Waals surface area contributed by atoms with Crippen LogP contribution in [0.25, 0.3) is 84.4 Å². The highest BCUT2D eigenvalue weighted by atomic mass is 19.1. The van der Waals surface area contributed by atoms with Crippen molar-refractivity contribution in [2.45, 2.75) is 68.9 Å². The van der Waals surface area contributed by atoms with E-state index < -0.39 is 18.0 Å². The van der Waals surface area contributed by atoms with Crippen molar-refractivity contribution in [1.29, 1.82) is 0 Å². The first kappa shape index (κ1) is 56.4. The summed E-state index contributed by atoms with van der Waals surface area (Å²) in [6.07, 6.45) is 11.3. The second-order valence-electron chi connectivity index (χ2n) is 22.9. The molecule has 3 aliphatic rings. The van der Waals surface area contributed by atoms with Crippen molar-refractivity contribution in [1.82, 2.24) is 87.2 Å². The minimum Gasteiger partial charge on any atom is -0.388 e. The summed E-state index contributed by atoms with van der Waals surface area (Å²) in [6, 6.07) is 34.6. The van der Waals surface area contributed by atoms with Gasteiger partial charge in [-0.25, -0.2) is 57.5 Å². The summed E-state index contributed by atoms with van der Waals surface area (Å²) >= 11 is 0. The van der Waals surface area contributed by atoms with Crippen LogP contribution in [0, 0.1) is 17.5 Å². The summed E-state index contributed by atoms with van der Waals surface area (Å²) in [4.78, 5) is 99.2.